The minimum atomic E-state index is -0.140. The van der Waals surface area contributed by atoms with E-state index in [2.05, 4.69) is 0 Å². The average Bonchev–Trinajstić information content (AvgIpc) is 2.14. The SMILES string of the molecule is COCC(C)N(C)C(=O)C(C)C(C)N.Cl. The minimum absolute atomic E-state index is 0. The average molecular weight is 239 g/mol. The van der Waals surface area contributed by atoms with Gasteiger partial charge in [0.1, 0.15) is 0 Å². The summed E-state index contributed by atoms with van der Waals surface area (Å²) >= 11 is 0. The standard InChI is InChI=1S/C10H22N2O2.ClH/c1-7(6-14-5)12(4)10(13)8(2)9(3)11;/h7-9H,6,11H2,1-5H3;1H. The van der Waals surface area contributed by atoms with Crippen LogP contribution in [0.4, 0.5) is 0 Å². The molecule has 0 rings (SSSR count). The molecule has 0 radical (unpaired) electrons. The highest BCUT2D eigenvalue weighted by molar-refractivity contribution is 5.85. The minimum Gasteiger partial charge on any atom is -0.383 e. The van der Waals surface area contributed by atoms with Crippen LogP contribution in [0.1, 0.15) is 20.8 Å². The number of hydrogen-bond donors (Lipinski definition) is 1. The number of likely N-dealkylation sites (N-methyl/N-ethyl adjacent to an activating group) is 1. The third-order valence-corrected chi connectivity index (χ3v) is 2.59. The fourth-order valence-electron chi connectivity index (χ4n) is 1.12. The van der Waals surface area contributed by atoms with Crippen LogP contribution in [0, 0.1) is 5.92 Å². The molecule has 0 aliphatic heterocycles. The van der Waals surface area contributed by atoms with Crippen molar-refractivity contribution in [3.05, 3.63) is 0 Å². The van der Waals surface area contributed by atoms with Crippen molar-refractivity contribution in [2.45, 2.75) is 32.9 Å². The van der Waals surface area contributed by atoms with Gasteiger partial charge in [-0.25, -0.2) is 0 Å². The molecule has 0 spiro atoms. The van der Waals surface area contributed by atoms with Crippen molar-refractivity contribution in [3.8, 4) is 0 Å². The lowest BCUT2D eigenvalue weighted by molar-refractivity contribution is -0.136. The van der Waals surface area contributed by atoms with Crippen LogP contribution in [0.15, 0.2) is 0 Å². The third-order valence-electron chi connectivity index (χ3n) is 2.59. The lowest BCUT2D eigenvalue weighted by Gasteiger charge is -2.28. The van der Waals surface area contributed by atoms with Crippen LogP contribution in [-0.4, -0.2) is 43.7 Å². The van der Waals surface area contributed by atoms with E-state index in [0.717, 1.165) is 0 Å². The molecule has 0 saturated heterocycles. The number of hydrogen-bond acceptors (Lipinski definition) is 3. The Bertz CT molecular complexity index is 188. The summed E-state index contributed by atoms with van der Waals surface area (Å²) in [6, 6.07) is -0.0200. The van der Waals surface area contributed by atoms with Crippen LogP contribution in [0.5, 0.6) is 0 Å². The molecule has 2 N–H and O–H groups in total. The molecule has 0 fully saturated rings. The van der Waals surface area contributed by atoms with E-state index in [1.54, 1.807) is 19.1 Å². The summed E-state index contributed by atoms with van der Waals surface area (Å²) in [5, 5.41) is 0. The number of ether oxygens (including phenoxy) is 1. The normalized spacial score (nSPS) is 16.1. The molecule has 0 heterocycles. The highest BCUT2D eigenvalue weighted by atomic mass is 35.5. The number of carbonyl (C=O) groups excluding carboxylic acids is 1. The van der Waals surface area contributed by atoms with Gasteiger partial charge in [0.25, 0.3) is 0 Å². The molecule has 4 nitrogen and oxygen atoms in total. The first-order chi connectivity index (χ1) is 6.41. The zero-order chi connectivity index (χ0) is 11.3. The molecule has 0 aromatic carbocycles. The van der Waals surface area contributed by atoms with E-state index in [1.807, 2.05) is 20.8 Å². The van der Waals surface area contributed by atoms with Gasteiger partial charge >= 0.3 is 0 Å². The first kappa shape index (κ1) is 17.1. The maximum absolute atomic E-state index is 11.8. The summed E-state index contributed by atoms with van der Waals surface area (Å²) in [4.78, 5) is 13.5. The fraction of sp³-hybridized carbons (Fsp3) is 0.900. The lowest BCUT2D eigenvalue weighted by Crippen LogP contribution is -2.45. The molecular weight excluding hydrogens is 216 g/mol. The van der Waals surface area contributed by atoms with Crippen LogP contribution in [0.2, 0.25) is 0 Å². The molecule has 1 amide bonds. The van der Waals surface area contributed by atoms with Crippen molar-refractivity contribution < 1.29 is 9.53 Å². The molecule has 0 aliphatic carbocycles. The van der Waals surface area contributed by atoms with Crippen molar-refractivity contribution in [1.82, 2.24) is 4.90 Å². The van der Waals surface area contributed by atoms with Gasteiger partial charge in [0.05, 0.1) is 18.6 Å². The molecule has 0 saturated carbocycles. The predicted octanol–water partition coefficient (Wildman–Crippen LogP) is 0.885. The quantitative estimate of drug-likeness (QED) is 0.774. The van der Waals surface area contributed by atoms with Crippen LogP contribution < -0.4 is 5.73 Å². The van der Waals surface area contributed by atoms with E-state index in [-0.39, 0.29) is 36.3 Å². The van der Waals surface area contributed by atoms with Gasteiger partial charge in [-0.15, -0.1) is 12.4 Å². The lowest BCUT2D eigenvalue weighted by atomic mass is 10.0. The second-order valence-electron chi connectivity index (χ2n) is 3.90. The highest BCUT2D eigenvalue weighted by Gasteiger charge is 2.23. The molecular formula is C10H23ClN2O2. The van der Waals surface area contributed by atoms with Crippen molar-refractivity contribution in [3.63, 3.8) is 0 Å². The molecule has 0 aliphatic rings. The number of methoxy groups -OCH3 is 1. The third kappa shape index (κ3) is 5.35. The van der Waals surface area contributed by atoms with Crippen molar-refractivity contribution in [2.75, 3.05) is 20.8 Å². The Morgan fingerprint density at radius 2 is 1.87 bits per heavy atom. The summed E-state index contributed by atoms with van der Waals surface area (Å²) < 4.78 is 4.99. The zero-order valence-electron chi connectivity index (χ0n) is 10.2. The Hall–Kier alpha value is -0.320. The molecule has 0 bridgehead atoms. The van der Waals surface area contributed by atoms with Gasteiger partial charge in [-0.05, 0) is 13.8 Å². The van der Waals surface area contributed by atoms with Gasteiger partial charge in [0.2, 0.25) is 5.91 Å². The molecule has 3 unspecified atom stereocenters. The molecule has 5 heteroatoms. The molecule has 3 atom stereocenters. The second kappa shape index (κ2) is 7.91. The summed E-state index contributed by atoms with van der Waals surface area (Å²) in [6.07, 6.45) is 0. The topological polar surface area (TPSA) is 55.6 Å². The van der Waals surface area contributed by atoms with E-state index in [1.165, 1.54) is 0 Å². The summed E-state index contributed by atoms with van der Waals surface area (Å²) in [7, 11) is 3.41. The summed E-state index contributed by atoms with van der Waals surface area (Å²) in [6.45, 7) is 6.20. The van der Waals surface area contributed by atoms with Gasteiger partial charge in [0, 0.05) is 20.2 Å². The maximum Gasteiger partial charge on any atom is 0.227 e. The van der Waals surface area contributed by atoms with Crippen LogP contribution >= 0.6 is 12.4 Å². The van der Waals surface area contributed by atoms with Gasteiger partial charge < -0.3 is 15.4 Å². The number of amides is 1. The van der Waals surface area contributed by atoms with Gasteiger partial charge in [-0.1, -0.05) is 6.92 Å². The largest absolute Gasteiger partial charge is 0.383 e. The first-order valence-electron chi connectivity index (χ1n) is 4.93. The van der Waals surface area contributed by atoms with E-state index < -0.39 is 0 Å². The van der Waals surface area contributed by atoms with Gasteiger partial charge in [-0.3, -0.25) is 4.79 Å². The maximum atomic E-state index is 11.8. The second-order valence-corrected chi connectivity index (χ2v) is 3.90. The Morgan fingerprint density at radius 3 is 2.20 bits per heavy atom. The summed E-state index contributed by atoms with van der Waals surface area (Å²) in [5.41, 5.74) is 5.67. The Labute approximate surface area is 98.6 Å². The van der Waals surface area contributed by atoms with Gasteiger partial charge in [0.15, 0.2) is 0 Å². The Kier molecular flexibility index (Phi) is 9.01. The number of nitrogens with two attached hydrogens (primary N) is 1. The first-order valence-corrected chi connectivity index (χ1v) is 4.93. The van der Waals surface area contributed by atoms with Crippen molar-refractivity contribution in [2.24, 2.45) is 11.7 Å². The van der Waals surface area contributed by atoms with E-state index in [0.29, 0.717) is 6.61 Å². The number of nitrogens with zero attached hydrogens (tertiary/aromatic N) is 1. The zero-order valence-corrected chi connectivity index (χ0v) is 11.0. The van der Waals surface area contributed by atoms with E-state index in [4.69, 9.17) is 10.5 Å². The molecule has 0 aromatic rings. The van der Waals surface area contributed by atoms with Crippen molar-refractivity contribution in [1.29, 1.82) is 0 Å². The van der Waals surface area contributed by atoms with Crippen LogP contribution in [0.25, 0.3) is 0 Å². The molecule has 15 heavy (non-hydrogen) atoms. The van der Waals surface area contributed by atoms with E-state index >= 15 is 0 Å². The monoisotopic (exact) mass is 238 g/mol. The Balaban J connectivity index is 0. The smallest absolute Gasteiger partial charge is 0.227 e. The van der Waals surface area contributed by atoms with Gasteiger partial charge in [-0.2, -0.15) is 0 Å². The number of rotatable bonds is 5. The van der Waals surface area contributed by atoms with Crippen LogP contribution in [-0.2, 0) is 9.53 Å². The number of carbonyl (C=O) groups is 1. The summed E-state index contributed by atoms with van der Waals surface area (Å²) in [5.74, 6) is -0.0659. The van der Waals surface area contributed by atoms with Crippen LogP contribution in [0.3, 0.4) is 0 Å². The molecule has 0 aromatic heterocycles. The highest BCUT2D eigenvalue weighted by Crippen LogP contribution is 2.07. The number of halogens is 1. The van der Waals surface area contributed by atoms with Crippen molar-refractivity contribution >= 4 is 18.3 Å². The molecule has 92 valence electrons. The fourth-order valence-corrected chi connectivity index (χ4v) is 1.12. The predicted molar refractivity (Wildman–Crippen MR) is 64.2 cm³/mol. The Morgan fingerprint density at radius 1 is 1.40 bits per heavy atom. The van der Waals surface area contributed by atoms with E-state index in [9.17, 15) is 4.79 Å².